The average Bonchev–Trinajstić information content (AvgIpc) is 3.38. The topological polar surface area (TPSA) is 98.1 Å². The second-order valence-electron chi connectivity index (χ2n) is 7.60. The van der Waals surface area contributed by atoms with Gasteiger partial charge in [-0.25, -0.2) is 9.59 Å². The number of methoxy groups -OCH3 is 1. The van der Waals surface area contributed by atoms with Crippen LogP contribution in [-0.4, -0.2) is 29.9 Å². The molecule has 0 saturated carbocycles. The highest BCUT2D eigenvalue weighted by molar-refractivity contribution is 6.32. The molecule has 0 spiro atoms. The fourth-order valence-corrected chi connectivity index (χ4v) is 3.64. The van der Waals surface area contributed by atoms with Crippen molar-refractivity contribution in [2.45, 2.75) is 20.1 Å². The second-order valence-corrected chi connectivity index (χ2v) is 8.01. The first-order valence-corrected chi connectivity index (χ1v) is 10.7. The minimum atomic E-state index is -0.646. The number of hydrogen-bond donors (Lipinski definition) is 1. The lowest BCUT2D eigenvalue weighted by molar-refractivity contribution is -0.123. The number of imide groups is 1. The monoisotopic (exact) mass is 480 g/mol. The molecule has 174 valence electrons. The Hall–Kier alpha value is -4.04. The van der Waals surface area contributed by atoms with Crippen LogP contribution in [0.2, 0.25) is 5.02 Å². The van der Waals surface area contributed by atoms with E-state index in [0.29, 0.717) is 22.9 Å². The number of urea groups is 1. The van der Waals surface area contributed by atoms with Gasteiger partial charge in [0, 0.05) is 0 Å². The maximum atomic E-state index is 12.7. The lowest BCUT2D eigenvalue weighted by Crippen LogP contribution is -2.30. The molecule has 9 heteroatoms. The number of furan rings is 1. The van der Waals surface area contributed by atoms with Crippen molar-refractivity contribution in [3.8, 4) is 5.75 Å². The first-order valence-electron chi connectivity index (χ1n) is 10.3. The zero-order valence-corrected chi connectivity index (χ0v) is 19.2. The Morgan fingerprint density at radius 3 is 2.71 bits per heavy atom. The number of nitrogens with zero attached hydrogens (tertiary/aromatic N) is 1. The van der Waals surface area contributed by atoms with E-state index in [0.717, 1.165) is 16.0 Å². The molecule has 0 aliphatic carbocycles. The van der Waals surface area contributed by atoms with Gasteiger partial charge in [0.2, 0.25) is 5.76 Å². The molecule has 1 saturated heterocycles. The lowest BCUT2D eigenvalue weighted by atomic mass is 10.1. The third-order valence-corrected chi connectivity index (χ3v) is 5.36. The standard InChI is InChI=1S/C25H21ClN2O6/c1-15-4-3-5-17(10-15)14-33-21-8-6-16(11-19(21)26)12-20-23(29)28(25(31)27-20)13-18-7-9-22(34-18)24(30)32-2/h3-12H,13-14H2,1-2H3,(H,27,31). The Morgan fingerprint density at radius 2 is 1.97 bits per heavy atom. The van der Waals surface area contributed by atoms with Crippen molar-refractivity contribution < 1.29 is 28.3 Å². The van der Waals surface area contributed by atoms with Crippen LogP contribution in [0.4, 0.5) is 4.79 Å². The summed E-state index contributed by atoms with van der Waals surface area (Å²) < 4.78 is 15.7. The molecule has 2 aromatic carbocycles. The van der Waals surface area contributed by atoms with Crippen LogP contribution >= 0.6 is 11.6 Å². The maximum Gasteiger partial charge on any atom is 0.373 e. The minimum Gasteiger partial charge on any atom is -0.487 e. The predicted octanol–water partition coefficient (Wildman–Crippen LogP) is 4.70. The third-order valence-electron chi connectivity index (χ3n) is 5.07. The third kappa shape index (κ3) is 5.13. The van der Waals surface area contributed by atoms with Gasteiger partial charge in [-0.15, -0.1) is 0 Å². The van der Waals surface area contributed by atoms with Gasteiger partial charge in [0.25, 0.3) is 5.91 Å². The second kappa shape index (κ2) is 9.84. The van der Waals surface area contributed by atoms with E-state index in [9.17, 15) is 14.4 Å². The van der Waals surface area contributed by atoms with Gasteiger partial charge in [0.15, 0.2) is 0 Å². The molecule has 0 atom stereocenters. The van der Waals surface area contributed by atoms with Crippen LogP contribution < -0.4 is 10.1 Å². The number of esters is 1. The summed E-state index contributed by atoms with van der Waals surface area (Å²) in [5, 5.41) is 2.92. The first-order chi connectivity index (χ1) is 16.3. The van der Waals surface area contributed by atoms with Gasteiger partial charge in [-0.2, -0.15) is 0 Å². The number of amides is 3. The van der Waals surface area contributed by atoms with E-state index in [4.69, 9.17) is 20.8 Å². The number of hydrogen-bond acceptors (Lipinski definition) is 6. The number of carbonyl (C=O) groups is 3. The quantitative estimate of drug-likeness (QED) is 0.299. The number of rotatable bonds is 7. The molecule has 8 nitrogen and oxygen atoms in total. The summed E-state index contributed by atoms with van der Waals surface area (Å²) in [7, 11) is 1.23. The van der Waals surface area contributed by atoms with Crippen molar-refractivity contribution in [1.29, 1.82) is 0 Å². The molecule has 34 heavy (non-hydrogen) atoms. The molecule has 0 bridgehead atoms. The van der Waals surface area contributed by atoms with Gasteiger partial charge in [-0.3, -0.25) is 9.69 Å². The summed E-state index contributed by atoms with van der Waals surface area (Å²) in [5.74, 6) is -0.417. The summed E-state index contributed by atoms with van der Waals surface area (Å²) in [5.41, 5.74) is 2.87. The molecule has 1 aromatic heterocycles. The molecule has 0 unspecified atom stereocenters. The van der Waals surface area contributed by atoms with Crippen molar-refractivity contribution in [3.63, 3.8) is 0 Å². The number of halogens is 1. The number of carbonyl (C=O) groups excluding carboxylic acids is 3. The summed E-state index contributed by atoms with van der Waals surface area (Å²) in [6.45, 7) is 2.25. The molecule has 1 aliphatic rings. The van der Waals surface area contributed by atoms with Gasteiger partial charge in [-0.1, -0.05) is 47.5 Å². The molecule has 3 amide bonds. The molecular formula is C25H21ClN2O6. The van der Waals surface area contributed by atoms with Crippen molar-refractivity contribution in [2.24, 2.45) is 0 Å². The van der Waals surface area contributed by atoms with Gasteiger partial charge in [-0.05, 0) is 48.4 Å². The van der Waals surface area contributed by atoms with E-state index in [1.807, 2.05) is 31.2 Å². The lowest BCUT2D eigenvalue weighted by Gasteiger charge is -2.10. The van der Waals surface area contributed by atoms with Gasteiger partial charge >= 0.3 is 12.0 Å². The molecule has 1 fully saturated rings. The minimum absolute atomic E-state index is 0.0142. The highest BCUT2D eigenvalue weighted by atomic mass is 35.5. The van der Waals surface area contributed by atoms with Crippen LogP contribution in [0.15, 0.2) is 64.7 Å². The highest BCUT2D eigenvalue weighted by Crippen LogP contribution is 2.28. The van der Waals surface area contributed by atoms with Crippen LogP contribution in [0.3, 0.4) is 0 Å². The zero-order valence-electron chi connectivity index (χ0n) is 18.5. The van der Waals surface area contributed by atoms with Gasteiger partial charge < -0.3 is 19.2 Å². The van der Waals surface area contributed by atoms with Gasteiger partial charge in [0.1, 0.15) is 23.8 Å². The number of aryl methyl sites for hydroxylation is 1. The molecule has 3 aromatic rings. The van der Waals surface area contributed by atoms with Crippen molar-refractivity contribution in [3.05, 3.63) is 93.5 Å². The molecule has 4 rings (SSSR count). The largest absolute Gasteiger partial charge is 0.487 e. The Kier molecular flexibility index (Phi) is 6.70. The van der Waals surface area contributed by atoms with Crippen molar-refractivity contribution in [1.82, 2.24) is 10.2 Å². The van der Waals surface area contributed by atoms with Crippen molar-refractivity contribution in [2.75, 3.05) is 7.11 Å². The highest BCUT2D eigenvalue weighted by Gasteiger charge is 2.34. The fourth-order valence-electron chi connectivity index (χ4n) is 3.40. The first kappa shape index (κ1) is 23.1. The van der Waals surface area contributed by atoms with E-state index in [-0.39, 0.29) is 23.8 Å². The van der Waals surface area contributed by atoms with E-state index >= 15 is 0 Å². The van der Waals surface area contributed by atoms with Crippen LogP contribution in [0.25, 0.3) is 6.08 Å². The average molecular weight is 481 g/mol. The Morgan fingerprint density at radius 1 is 1.15 bits per heavy atom. The van der Waals surface area contributed by atoms with Crippen molar-refractivity contribution >= 4 is 35.6 Å². The number of ether oxygens (including phenoxy) is 2. The molecule has 2 heterocycles. The van der Waals surface area contributed by atoms with Crippen LogP contribution in [0.1, 0.15) is 33.0 Å². The predicted molar refractivity (Wildman–Crippen MR) is 124 cm³/mol. The summed E-state index contributed by atoms with van der Waals surface area (Å²) >= 11 is 6.37. The van der Waals surface area contributed by atoms with Crippen LogP contribution in [-0.2, 0) is 22.7 Å². The molecule has 1 N–H and O–H groups in total. The SMILES string of the molecule is COC(=O)c1ccc(CN2C(=O)NC(=Cc3ccc(OCc4cccc(C)c4)c(Cl)c3)C2=O)o1. The van der Waals surface area contributed by atoms with E-state index < -0.39 is 17.9 Å². The van der Waals surface area contributed by atoms with Gasteiger partial charge in [0.05, 0.1) is 18.7 Å². The number of benzene rings is 2. The molecular weight excluding hydrogens is 460 g/mol. The fraction of sp³-hybridized carbons (Fsp3) is 0.160. The van der Waals surface area contributed by atoms with Crippen LogP contribution in [0.5, 0.6) is 5.75 Å². The Bertz CT molecular complexity index is 1300. The normalized spacial score (nSPS) is 14.4. The number of nitrogens with one attached hydrogen (secondary N) is 1. The zero-order chi connectivity index (χ0) is 24.2. The van der Waals surface area contributed by atoms with E-state index in [1.54, 1.807) is 18.2 Å². The Balaban J connectivity index is 1.43. The summed E-state index contributed by atoms with van der Waals surface area (Å²) in [6, 6.07) is 15.4. The van der Waals surface area contributed by atoms with E-state index in [2.05, 4.69) is 10.1 Å². The van der Waals surface area contributed by atoms with Crippen LogP contribution in [0, 0.1) is 6.92 Å². The summed E-state index contributed by atoms with van der Waals surface area (Å²) in [4.78, 5) is 37.6. The molecule has 1 aliphatic heterocycles. The smallest absolute Gasteiger partial charge is 0.373 e. The Labute approximate surface area is 200 Å². The molecule has 0 radical (unpaired) electrons. The van der Waals surface area contributed by atoms with E-state index in [1.165, 1.54) is 25.3 Å². The maximum absolute atomic E-state index is 12.7. The summed E-state index contributed by atoms with van der Waals surface area (Å²) in [6.07, 6.45) is 1.53.